The number of nitriles is 1. The molecule has 0 spiro atoms. The van der Waals surface area contributed by atoms with Gasteiger partial charge in [0, 0.05) is 0 Å². The largest absolute Gasteiger partial charge is 0.333 e. The summed E-state index contributed by atoms with van der Waals surface area (Å²) in [5, 5.41) is 17.6. The van der Waals surface area contributed by atoms with Gasteiger partial charge in [-0.3, -0.25) is 0 Å². The lowest BCUT2D eigenvalue weighted by atomic mass is 9.91. The van der Waals surface area contributed by atoms with Crippen molar-refractivity contribution in [1.82, 2.24) is 10.1 Å². The van der Waals surface area contributed by atoms with E-state index in [9.17, 15) is 5.26 Å². The predicted molar refractivity (Wildman–Crippen MR) is 106 cm³/mol. The third kappa shape index (κ3) is 3.71. The molecule has 2 heterocycles. The predicted octanol–water partition coefficient (Wildman–Crippen LogP) is 5.38. The Morgan fingerprint density at radius 2 is 1.67 bits per heavy atom. The lowest BCUT2D eigenvalue weighted by Gasteiger charge is -2.13. The van der Waals surface area contributed by atoms with Crippen LogP contribution in [0.2, 0.25) is 0 Å². The summed E-state index contributed by atoms with van der Waals surface area (Å²) in [4.78, 5) is 4.55. The average molecular weight is 369 g/mol. The van der Waals surface area contributed by atoms with Gasteiger partial charge in [0.2, 0.25) is 0 Å². The Hall–Kier alpha value is -3.49. The van der Waals surface area contributed by atoms with Crippen molar-refractivity contribution in [3.05, 3.63) is 106 Å². The van der Waals surface area contributed by atoms with Crippen molar-refractivity contribution in [3.63, 3.8) is 0 Å². The number of rotatable bonds is 5. The molecule has 0 aliphatic carbocycles. The molecule has 27 heavy (non-hydrogen) atoms. The Kier molecular flexibility index (Phi) is 4.91. The normalized spacial score (nSPS) is 11.5. The molecule has 2 aromatic carbocycles. The number of benzene rings is 2. The molecular formula is C22H15N3OS. The lowest BCUT2D eigenvalue weighted by molar-refractivity contribution is 0.401. The molecule has 4 aromatic rings. The average Bonchev–Trinajstić information content (AvgIpc) is 3.40. The first-order valence-corrected chi connectivity index (χ1v) is 9.37. The van der Waals surface area contributed by atoms with E-state index in [-0.39, 0.29) is 11.8 Å². The van der Waals surface area contributed by atoms with Gasteiger partial charge in [0.05, 0.1) is 5.92 Å². The molecule has 0 saturated heterocycles. The van der Waals surface area contributed by atoms with Crippen LogP contribution in [-0.4, -0.2) is 10.1 Å². The summed E-state index contributed by atoms with van der Waals surface area (Å²) in [5.41, 5.74) is 3.43. The summed E-state index contributed by atoms with van der Waals surface area (Å²) < 4.78 is 5.44. The number of aromatic nitrogens is 2. The van der Waals surface area contributed by atoms with Gasteiger partial charge in [0.25, 0.3) is 5.89 Å². The van der Waals surface area contributed by atoms with Crippen LogP contribution in [0.25, 0.3) is 11.6 Å². The molecule has 0 aliphatic heterocycles. The number of hydrogen-bond donors (Lipinski definition) is 0. The van der Waals surface area contributed by atoms with Crippen LogP contribution in [0.3, 0.4) is 0 Å². The van der Waals surface area contributed by atoms with E-state index in [0.717, 1.165) is 16.7 Å². The summed E-state index contributed by atoms with van der Waals surface area (Å²) >= 11 is 1.57. The van der Waals surface area contributed by atoms with Gasteiger partial charge in [-0.1, -0.05) is 65.8 Å². The van der Waals surface area contributed by atoms with Gasteiger partial charge in [-0.05, 0) is 39.6 Å². The quantitative estimate of drug-likeness (QED) is 0.443. The molecule has 0 bridgehead atoms. The second kappa shape index (κ2) is 7.81. The topological polar surface area (TPSA) is 62.7 Å². The Morgan fingerprint density at radius 1 is 1.00 bits per heavy atom. The van der Waals surface area contributed by atoms with E-state index < -0.39 is 0 Å². The van der Waals surface area contributed by atoms with Crippen molar-refractivity contribution >= 4 is 23.0 Å². The summed E-state index contributed by atoms with van der Waals surface area (Å²) in [7, 11) is 0. The van der Waals surface area contributed by atoms with Crippen LogP contribution >= 0.6 is 11.3 Å². The van der Waals surface area contributed by atoms with Crippen LogP contribution in [0.1, 0.15) is 34.3 Å². The van der Waals surface area contributed by atoms with Gasteiger partial charge >= 0.3 is 0 Å². The maximum atomic E-state index is 9.52. The van der Waals surface area contributed by atoms with Crippen molar-refractivity contribution in [3.8, 4) is 6.07 Å². The van der Waals surface area contributed by atoms with E-state index in [4.69, 9.17) is 4.52 Å². The van der Waals surface area contributed by atoms with Crippen LogP contribution in [0, 0.1) is 11.3 Å². The number of nitrogens with zero attached hydrogens (tertiary/aromatic N) is 3. The highest BCUT2D eigenvalue weighted by Gasteiger charge is 2.23. The molecule has 130 valence electrons. The van der Waals surface area contributed by atoms with Crippen LogP contribution in [0.5, 0.6) is 0 Å². The van der Waals surface area contributed by atoms with E-state index in [1.165, 1.54) is 0 Å². The molecular weight excluding hydrogens is 354 g/mol. The number of allylic oxidation sites excluding steroid dienone is 1. The summed E-state index contributed by atoms with van der Waals surface area (Å²) in [6.07, 6.45) is 1.76. The summed E-state index contributed by atoms with van der Waals surface area (Å²) in [5.74, 6) is 0.607. The maximum Gasteiger partial charge on any atom is 0.268 e. The Bertz CT molecular complexity index is 1040. The minimum atomic E-state index is -0.161. The molecule has 4 rings (SSSR count). The van der Waals surface area contributed by atoms with Gasteiger partial charge in [0.15, 0.2) is 5.82 Å². The van der Waals surface area contributed by atoms with Crippen molar-refractivity contribution in [1.29, 1.82) is 5.26 Å². The number of thiophene rings is 1. The fourth-order valence-corrected chi connectivity index (χ4v) is 3.53. The molecule has 0 aliphatic rings. The van der Waals surface area contributed by atoms with Gasteiger partial charge in [-0.2, -0.15) is 21.6 Å². The molecule has 2 aromatic heterocycles. The molecule has 0 radical (unpaired) electrons. The SMILES string of the molecule is N#C/C(=C\c1ccsc1)c1nc(C(c2ccccc2)c2ccccc2)no1. The summed E-state index contributed by atoms with van der Waals surface area (Å²) in [6.45, 7) is 0. The lowest BCUT2D eigenvalue weighted by Crippen LogP contribution is -2.05. The maximum absolute atomic E-state index is 9.52. The molecule has 0 atom stereocenters. The zero-order valence-corrected chi connectivity index (χ0v) is 15.1. The van der Waals surface area contributed by atoms with Gasteiger partial charge in [-0.15, -0.1) is 0 Å². The van der Waals surface area contributed by atoms with Gasteiger partial charge in [-0.25, -0.2) is 0 Å². The van der Waals surface area contributed by atoms with Gasteiger partial charge < -0.3 is 4.52 Å². The first kappa shape index (κ1) is 17.0. The molecule has 0 unspecified atom stereocenters. The first-order valence-electron chi connectivity index (χ1n) is 8.43. The third-order valence-corrected chi connectivity index (χ3v) is 4.87. The monoisotopic (exact) mass is 369 g/mol. The van der Waals surface area contributed by atoms with Crippen LogP contribution in [0.4, 0.5) is 0 Å². The van der Waals surface area contributed by atoms with Crippen molar-refractivity contribution in [2.45, 2.75) is 5.92 Å². The van der Waals surface area contributed by atoms with Crippen molar-refractivity contribution in [2.75, 3.05) is 0 Å². The molecule has 0 fully saturated rings. The number of hydrogen-bond acceptors (Lipinski definition) is 5. The van der Waals surface area contributed by atoms with E-state index in [1.54, 1.807) is 17.4 Å². The van der Waals surface area contributed by atoms with Crippen LogP contribution < -0.4 is 0 Å². The second-order valence-corrected chi connectivity index (χ2v) is 6.72. The van der Waals surface area contributed by atoms with Gasteiger partial charge in [0.1, 0.15) is 11.6 Å². The third-order valence-electron chi connectivity index (χ3n) is 4.17. The minimum absolute atomic E-state index is 0.161. The second-order valence-electron chi connectivity index (χ2n) is 5.94. The first-order chi connectivity index (χ1) is 13.3. The van der Waals surface area contributed by atoms with E-state index >= 15 is 0 Å². The van der Waals surface area contributed by atoms with E-state index in [1.807, 2.05) is 77.5 Å². The molecule has 4 nitrogen and oxygen atoms in total. The van der Waals surface area contributed by atoms with Crippen LogP contribution in [0.15, 0.2) is 82.0 Å². The highest BCUT2D eigenvalue weighted by Crippen LogP contribution is 2.30. The molecule has 5 heteroatoms. The fraction of sp³-hybridized carbons (Fsp3) is 0.0455. The van der Waals surface area contributed by atoms with Crippen molar-refractivity contribution < 1.29 is 4.52 Å². The summed E-state index contributed by atoms with van der Waals surface area (Å²) in [6, 6.07) is 24.2. The van der Waals surface area contributed by atoms with Crippen LogP contribution in [-0.2, 0) is 0 Å². The van der Waals surface area contributed by atoms with E-state index in [2.05, 4.69) is 16.2 Å². The smallest absolute Gasteiger partial charge is 0.268 e. The zero-order chi connectivity index (χ0) is 18.5. The highest BCUT2D eigenvalue weighted by atomic mass is 32.1. The molecule has 0 N–H and O–H groups in total. The Labute approximate surface area is 161 Å². The highest BCUT2D eigenvalue weighted by molar-refractivity contribution is 7.08. The van der Waals surface area contributed by atoms with E-state index in [0.29, 0.717) is 11.4 Å². The Balaban J connectivity index is 1.76. The minimum Gasteiger partial charge on any atom is -0.333 e. The Morgan fingerprint density at radius 3 is 2.22 bits per heavy atom. The standard InChI is InChI=1S/C22H15N3OS/c23-14-19(13-16-11-12-27-15-16)22-24-21(25-26-22)20(17-7-3-1-4-8-17)18-9-5-2-6-10-18/h1-13,15,20H/b19-13+. The fourth-order valence-electron chi connectivity index (χ4n) is 2.91. The molecule has 0 saturated carbocycles. The molecule has 0 amide bonds. The zero-order valence-electron chi connectivity index (χ0n) is 14.3. The van der Waals surface area contributed by atoms with Crippen molar-refractivity contribution in [2.24, 2.45) is 0 Å².